The van der Waals surface area contributed by atoms with Gasteiger partial charge >= 0.3 is 0 Å². The third kappa shape index (κ3) is 5.47. The molecule has 0 fully saturated rings. The Morgan fingerprint density at radius 3 is 2.48 bits per heavy atom. The molecule has 1 aliphatic rings. The predicted octanol–water partition coefficient (Wildman–Crippen LogP) is 3.50. The minimum atomic E-state index is -3.62. The van der Waals surface area contributed by atoms with Crippen LogP contribution in [0.3, 0.4) is 0 Å². The molecule has 1 N–H and O–H groups in total. The van der Waals surface area contributed by atoms with E-state index < -0.39 is 16.1 Å². The number of nitrogens with zero attached hydrogens (tertiary/aromatic N) is 1. The Morgan fingerprint density at radius 2 is 1.96 bits per heavy atom. The van der Waals surface area contributed by atoms with Crippen molar-refractivity contribution in [3.63, 3.8) is 0 Å². The van der Waals surface area contributed by atoms with Crippen LogP contribution in [0.15, 0.2) is 35.9 Å². The van der Waals surface area contributed by atoms with Crippen LogP contribution in [0.25, 0.3) is 0 Å². The van der Waals surface area contributed by atoms with Gasteiger partial charge < -0.3 is 5.32 Å². The second-order valence-electron chi connectivity index (χ2n) is 6.29. The Hall–Kier alpha value is -1.53. The molecule has 1 atom stereocenters. The molecule has 5 nitrogen and oxygen atoms in total. The highest BCUT2D eigenvalue weighted by Crippen LogP contribution is 2.24. The summed E-state index contributed by atoms with van der Waals surface area (Å²) in [5.74, 6) is -0.283. The molecular formula is C18H25ClN2O3S. The van der Waals surface area contributed by atoms with Crippen LogP contribution in [0.5, 0.6) is 0 Å². The molecule has 2 rings (SSSR count). The van der Waals surface area contributed by atoms with Gasteiger partial charge in [0.05, 0.1) is 11.9 Å². The van der Waals surface area contributed by atoms with Gasteiger partial charge in [-0.05, 0) is 56.4 Å². The van der Waals surface area contributed by atoms with Crippen LogP contribution in [0.2, 0.25) is 5.02 Å². The average molecular weight is 385 g/mol. The Labute approximate surface area is 155 Å². The zero-order valence-electron chi connectivity index (χ0n) is 14.7. The summed E-state index contributed by atoms with van der Waals surface area (Å²) in [6.45, 7) is 2.28. The normalized spacial score (nSPS) is 16.0. The third-order valence-corrected chi connectivity index (χ3v) is 5.72. The van der Waals surface area contributed by atoms with Gasteiger partial charge in [0, 0.05) is 11.6 Å². The number of halogens is 1. The van der Waals surface area contributed by atoms with Gasteiger partial charge in [-0.3, -0.25) is 9.10 Å². The second kappa shape index (κ2) is 8.72. The minimum absolute atomic E-state index is 0.283. The summed E-state index contributed by atoms with van der Waals surface area (Å²) < 4.78 is 25.8. The van der Waals surface area contributed by atoms with E-state index in [4.69, 9.17) is 11.6 Å². The zero-order chi connectivity index (χ0) is 18.4. The quantitative estimate of drug-likeness (QED) is 0.731. The van der Waals surface area contributed by atoms with E-state index in [1.807, 2.05) is 0 Å². The van der Waals surface area contributed by atoms with Crippen molar-refractivity contribution in [3.05, 3.63) is 40.9 Å². The lowest BCUT2D eigenvalue weighted by molar-refractivity contribution is -0.122. The van der Waals surface area contributed by atoms with E-state index in [0.717, 1.165) is 25.5 Å². The Kier molecular flexibility index (Phi) is 6.90. The second-order valence-corrected chi connectivity index (χ2v) is 8.58. The van der Waals surface area contributed by atoms with Crippen molar-refractivity contribution in [2.75, 3.05) is 17.1 Å². The molecule has 0 aromatic heterocycles. The lowest BCUT2D eigenvalue weighted by Crippen LogP contribution is -2.49. The number of carbonyl (C=O) groups excluding carboxylic acids is 1. The van der Waals surface area contributed by atoms with Gasteiger partial charge in [-0.25, -0.2) is 8.42 Å². The molecule has 0 aliphatic heterocycles. The van der Waals surface area contributed by atoms with Crippen LogP contribution in [-0.2, 0) is 14.8 Å². The molecule has 1 amide bonds. The number of hydrogen-bond acceptors (Lipinski definition) is 3. The van der Waals surface area contributed by atoms with Crippen molar-refractivity contribution in [2.45, 2.75) is 45.1 Å². The van der Waals surface area contributed by atoms with Gasteiger partial charge in [0.1, 0.15) is 6.04 Å². The molecule has 0 heterocycles. The first-order valence-electron chi connectivity index (χ1n) is 8.53. The monoisotopic (exact) mass is 384 g/mol. The van der Waals surface area contributed by atoms with E-state index in [9.17, 15) is 13.2 Å². The minimum Gasteiger partial charge on any atom is -0.351 e. The molecule has 0 radical (unpaired) electrons. The molecule has 138 valence electrons. The number of anilines is 1. The fourth-order valence-electron chi connectivity index (χ4n) is 3.03. The van der Waals surface area contributed by atoms with Crippen molar-refractivity contribution >= 4 is 33.2 Å². The molecular weight excluding hydrogens is 360 g/mol. The van der Waals surface area contributed by atoms with Crippen molar-refractivity contribution in [1.29, 1.82) is 0 Å². The molecule has 1 aromatic rings. The van der Waals surface area contributed by atoms with Gasteiger partial charge in [-0.2, -0.15) is 0 Å². The number of carbonyl (C=O) groups is 1. The maximum Gasteiger partial charge on any atom is 0.244 e. The zero-order valence-corrected chi connectivity index (χ0v) is 16.2. The first-order valence-corrected chi connectivity index (χ1v) is 10.8. The van der Waals surface area contributed by atoms with Crippen LogP contribution in [0.1, 0.15) is 39.0 Å². The summed E-state index contributed by atoms with van der Waals surface area (Å²) in [5.41, 5.74) is 1.65. The number of hydrogen-bond donors (Lipinski definition) is 1. The first kappa shape index (κ1) is 19.8. The Morgan fingerprint density at radius 1 is 1.28 bits per heavy atom. The molecule has 1 aromatic carbocycles. The molecule has 25 heavy (non-hydrogen) atoms. The van der Waals surface area contributed by atoms with E-state index in [-0.39, 0.29) is 5.91 Å². The van der Waals surface area contributed by atoms with Gasteiger partial charge in [-0.1, -0.05) is 30.2 Å². The van der Waals surface area contributed by atoms with E-state index in [1.165, 1.54) is 16.3 Å². The van der Waals surface area contributed by atoms with Crippen molar-refractivity contribution in [3.8, 4) is 0 Å². The summed E-state index contributed by atoms with van der Waals surface area (Å²) in [6.07, 6.45) is 8.01. The fraction of sp³-hybridized carbons (Fsp3) is 0.500. The molecule has 0 bridgehead atoms. The van der Waals surface area contributed by atoms with E-state index in [0.29, 0.717) is 23.7 Å². The molecule has 1 unspecified atom stereocenters. The number of sulfonamides is 1. The summed E-state index contributed by atoms with van der Waals surface area (Å²) in [5, 5.41) is 3.41. The van der Waals surface area contributed by atoms with Crippen LogP contribution in [0.4, 0.5) is 5.69 Å². The topological polar surface area (TPSA) is 66.5 Å². The van der Waals surface area contributed by atoms with Crippen LogP contribution in [0, 0.1) is 0 Å². The fourth-order valence-corrected chi connectivity index (χ4v) is 4.37. The number of amides is 1. The van der Waals surface area contributed by atoms with E-state index in [1.54, 1.807) is 31.2 Å². The van der Waals surface area contributed by atoms with Gasteiger partial charge in [0.25, 0.3) is 0 Å². The summed E-state index contributed by atoms with van der Waals surface area (Å²) >= 11 is 5.89. The molecule has 7 heteroatoms. The summed E-state index contributed by atoms with van der Waals surface area (Å²) in [7, 11) is -3.62. The largest absolute Gasteiger partial charge is 0.351 e. The Bertz CT molecular complexity index is 729. The van der Waals surface area contributed by atoms with Crippen LogP contribution >= 0.6 is 11.6 Å². The number of nitrogens with one attached hydrogen (secondary N) is 1. The molecule has 0 spiro atoms. The average Bonchev–Trinajstić information content (AvgIpc) is 2.58. The number of benzene rings is 1. The van der Waals surface area contributed by atoms with Gasteiger partial charge in [0.15, 0.2) is 0 Å². The maximum absolute atomic E-state index is 12.7. The van der Waals surface area contributed by atoms with Crippen molar-refractivity contribution in [1.82, 2.24) is 5.32 Å². The highest BCUT2D eigenvalue weighted by Gasteiger charge is 2.31. The van der Waals surface area contributed by atoms with Crippen LogP contribution < -0.4 is 9.62 Å². The standard InChI is InChI=1S/C18H25ClN2O3S/c1-3-17(18(22)20-13-14-7-5-4-6-8-14)21(25(2,23)24)16-11-9-15(19)10-12-16/h7,9-12,17H,3-6,8,13H2,1-2H3,(H,20,22). The van der Waals surface area contributed by atoms with Gasteiger partial charge in [0.2, 0.25) is 15.9 Å². The number of allylic oxidation sites excluding steroid dienone is 1. The highest BCUT2D eigenvalue weighted by atomic mass is 35.5. The summed E-state index contributed by atoms with van der Waals surface area (Å²) in [6, 6.07) is 5.67. The lowest BCUT2D eigenvalue weighted by atomic mass is 9.99. The SMILES string of the molecule is CCC(C(=O)NCC1=CCCCC1)N(c1ccc(Cl)cc1)S(C)(=O)=O. The van der Waals surface area contributed by atoms with E-state index >= 15 is 0 Å². The Balaban J connectivity index is 2.19. The molecule has 0 saturated heterocycles. The predicted molar refractivity (Wildman–Crippen MR) is 102 cm³/mol. The first-order chi connectivity index (χ1) is 11.8. The highest BCUT2D eigenvalue weighted by molar-refractivity contribution is 7.92. The van der Waals surface area contributed by atoms with Crippen molar-refractivity contribution in [2.24, 2.45) is 0 Å². The molecule has 0 saturated carbocycles. The van der Waals surface area contributed by atoms with Gasteiger partial charge in [-0.15, -0.1) is 0 Å². The lowest BCUT2D eigenvalue weighted by Gasteiger charge is -2.30. The maximum atomic E-state index is 12.7. The number of rotatable bonds is 7. The van der Waals surface area contributed by atoms with Crippen LogP contribution in [-0.4, -0.2) is 33.2 Å². The van der Waals surface area contributed by atoms with E-state index in [2.05, 4.69) is 11.4 Å². The third-order valence-electron chi connectivity index (χ3n) is 4.29. The summed E-state index contributed by atoms with van der Waals surface area (Å²) in [4.78, 5) is 12.7. The smallest absolute Gasteiger partial charge is 0.244 e. The van der Waals surface area contributed by atoms with Crippen molar-refractivity contribution < 1.29 is 13.2 Å². The molecule has 1 aliphatic carbocycles.